The second kappa shape index (κ2) is 11.4. The van der Waals surface area contributed by atoms with Crippen LogP contribution in [0.3, 0.4) is 0 Å². The number of aromatic nitrogens is 2. The molecule has 0 atom stereocenters. The van der Waals surface area contributed by atoms with Gasteiger partial charge in [-0.3, -0.25) is 9.59 Å². The first kappa shape index (κ1) is 24.8. The van der Waals surface area contributed by atoms with Gasteiger partial charge in [0.2, 0.25) is 0 Å². The van der Waals surface area contributed by atoms with Crippen LogP contribution in [-0.4, -0.2) is 28.4 Å². The quantitative estimate of drug-likeness (QED) is 0.261. The lowest BCUT2D eigenvalue weighted by atomic mass is 10.2. The Morgan fingerprint density at radius 1 is 1.11 bits per heavy atom. The van der Waals surface area contributed by atoms with Crippen molar-refractivity contribution in [2.24, 2.45) is 5.10 Å². The lowest BCUT2D eigenvalue weighted by molar-refractivity contribution is -0.118. The summed E-state index contributed by atoms with van der Waals surface area (Å²) in [6.07, 6.45) is 3.06. The number of ether oxygens (including phenoxy) is 1. The largest absolute Gasteiger partial charge is 0.483 e. The summed E-state index contributed by atoms with van der Waals surface area (Å²) in [5.41, 5.74) is 1.88. The van der Waals surface area contributed by atoms with Gasteiger partial charge in [0.15, 0.2) is 6.61 Å². The van der Waals surface area contributed by atoms with E-state index >= 15 is 0 Å². The zero-order valence-corrected chi connectivity index (χ0v) is 22.0. The van der Waals surface area contributed by atoms with E-state index in [4.69, 9.17) is 4.74 Å². The summed E-state index contributed by atoms with van der Waals surface area (Å²) in [5.74, 6) is 0.866. The van der Waals surface area contributed by atoms with Crippen molar-refractivity contribution in [3.8, 4) is 5.75 Å². The maximum atomic E-state index is 13.1. The highest BCUT2D eigenvalue weighted by Gasteiger charge is 2.11. The Kier molecular flexibility index (Phi) is 8.09. The smallest absolute Gasteiger partial charge is 0.282 e. The van der Waals surface area contributed by atoms with Gasteiger partial charge in [0, 0.05) is 16.6 Å². The maximum Gasteiger partial charge on any atom is 0.282 e. The third-order valence-electron chi connectivity index (χ3n) is 5.04. The molecule has 0 bridgehead atoms. The third kappa shape index (κ3) is 6.23. The molecule has 178 valence electrons. The van der Waals surface area contributed by atoms with Crippen LogP contribution < -0.4 is 15.6 Å². The predicted octanol–water partition coefficient (Wildman–Crippen LogP) is 5.77. The van der Waals surface area contributed by atoms with E-state index in [9.17, 15) is 9.59 Å². The molecule has 1 N–H and O–H groups in total. The van der Waals surface area contributed by atoms with Gasteiger partial charge in [-0.1, -0.05) is 41.1 Å². The highest BCUT2D eigenvalue weighted by atomic mass is 79.9. The molecule has 4 aromatic rings. The summed E-state index contributed by atoms with van der Waals surface area (Å²) >= 11 is 6.89. The molecule has 0 saturated carbocycles. The summed E-state index contributed by atoms with van der Waals surface area (Å²) in [7, 11) is 0. The van der Waals surface area contributed by atoms with Gasteiger partial charge in [-0.2, -0.15) is 9.78 Å². The molecule has 0 radical (unpaired) electrons. The van der Waals surface area contributed by atoms with Crippen LogP contribution in [-0.2, 0) is 11.2 Å². The molecular weight excluding hydrogens is 576 g/mol. The third-order valence-corrected chi connectivity index (χ3v) is 6.16. The van der Waals surface area contributed by atoms with Crippen LogP contribution >= 0.6 is 31.9 Å². The Morgan fingerprint density at radius 3 is 2.66 bits per heavy atom. The summed E-state index contributed by atoms with van der Waals surface area (Å²) in [4.78, 5) is 29.9. The topological polar surface area (TPSA) is 85.6 Å². The van der Waals surface area contributed by atoms with E-state index in [1.54, 1.807) is 24.4 Å². The molecule has 4 rings (SSSR count). The average Bonchev–Trinajstić information content (AvgIpc) is 2.84. The highest BCUT2D eigenvalue weighted by Crippen LogP contribution is 2.25. The van der Waals surface area contributed by atoms with Crippen LogP contribution in [0.1, 0.15) is 24.7 Å². The molecule has 7 nitrogen and oxygen atoms in total. The number of aryl methyl sites for hydroxylation is 1. The van der Waals surface area contributed by atoms with Gasteiger partial charge < -0.3 is 10.1 Å². The van der Waals surface area contributed by atoms with E-state index in [-0.39, 0.29) is 18.1 Å². The first-order valence-electron chi connectivity index (χ1n) is 11.0. The van der Waals surface area contributed by atoms with E-state index in [2.05, 4.69) is 47.3 Å². The van der Waals surface area contributed by atoms with Crippen LogP contribution in [0.15, 0.2) is 85.6 Å². The lowest BCUT2D eigenvalue weighted by Gasteiger charge is -2.10. The van der Waals surface area contributed by atoms with Gasteiger partial charge >= 0.3 is 0 Å². The molecule has 0 aliphatic heterocycles. The highest BCUT2D eigenvalue weighted by molar-refractivity contribution is 9.10. The average molecular weight is 598 g/mol. The molecule has 9 heteroatoms. The Labute approximate surface area is 219 Å². The summed E-state index contributed by atoms with van der Waals surface area (Å²) < 4.78 is 8.46. The van der Waals surface area contributed by atoms with Crippen LogP contribution in [0.4, 0.5) is 5.69 Å². The molecule has 0 saturated heterocycles. The molecule has 35 heavy (non-hydrogen) atoms. The molecule has 1 heterocycles. The second-order valence-corrected chi connectivity index (χ2v) is 9.46. The van der Waals surface area contributed by atoms with Crippen molar-refractivity contribution in [3.63, 3.8) is 0 Å². The molecule has 3 aromatic carbocycles. The number of anilines is 1. The number of benzene rings is 3. The molecule has 1 aromatic heterocycles. The fraction of sp³-hybridized carbons (Fsp3) is 0.154. The molecule has 0 unspecified atom stereocenters. The number of hydrogen-bond donors (Lipinski definition) is 1. The zero-order chi connectivity index (χ0) is 24.8. The van der Waals surface area contributed by atoms with E-state index in [1.807, 2.05) is 55.5 Å². The summed E-state index contributed by atoms with van der Waals surface area (Å²) in [6.45, 7) is 1.90. The lowest BCUT2D eigenvalue weighted by Crippen LogP contribution is -2.22. The van der Waals surface area contributed by atoms with Crippen LogP contribution in [0.25, 0.3) is 10.9 Å². The second-order valence-electron chi connectivity index (χ2n) is 7.69. The number of halogens is 2. The monoisotopic (exact) mass is 596 g/mol. The number of fused-ring (bicyclic) bond motifs is 1. The minimum absolute atomic E-state index is 0.130. The Balaban J connectivity index is 1.51. The number of hydrogen-bond acceptors (Lipinski definition) is 5. The fourth-order valence-corrected chi connectivity index (χ4v) is 4.27. The van der Waals surface area contributed by atoms with E-state index < -0.39 is 0 Å². The minimum Gasteiger partial charge on any atom is -0.483 e. The van der Waals surface area contributed by atoms with Gasteiger partial charge in [0.05, 0.1) is 21.6 Å². The van der Waals surface area contributed by atoms with Crippen molar-refractivity contribution < 1.29 is 9.53 Å². The molecular formula is C26H22Br2N4O3. The zero-order valence-electron chi connectivity index (χ0n) is 18.9. The van der Waals surface area contributed by atoms with Crippen molar-refractivity contribution in [1.82, 2.24) is 9.66 Å². The van der Waals surface area contributed by atoms with Crippen molar-refractivity contribution in [2.75, 3.05) is 11.9 Å². The van der Waals surface area contributed by atoms with Gasteiger partial charge in [-0.25, -0.2) is 4.98 Å². The van der Waals surface area contributed by atoms with Crippen molar-refractivity contribution in [3.05, 3.63) is 97.4 Å². The predicted molar refractivity (Wildman–Crippen MR) is 145 cm³/mol. The first-order valence-corrected chi connectivity index (χ1v) is 12.6. The summed E-state index contributed by atoms with van der Waals surface area (Å²) in [5, 5.41) is 7.71. The SMILES string of the molecule is CCCc1nc2ccc(Br)cc2c(=O)n1N=Cc1ccc(OCC(=O)Nc2ccccc2)c(Br)c1. The van der Waals surface area contributed by atoms with Gasteiger partial charge in [-0.15, -0.1) is 0 Å². The summed E-state index contributed by atoms with van der Waals surface area (Å²) in [6, 6.07) is 20.0. The Hall–Kier alpha value is -3.30. The van der Waals surface area contributed by atoms with Gasteiger partial charge in [0.1, 0.15) is 11.6 Å². The Bertz CT molecular complexity index is 1450. The molecule has 0 aliphatic rings. The molecule has 1 amide bonds. The molecule has 0 fully saturated rings. The maximum absolute atomic E-state index is 13.1. The Morgan fingerprint density at radius 2 is 1.91 bits per heavy atom. The molecule has 0 aliphatic carbocycles. The number of para-hydroxylation sites is 1. The number of nitrogens with one attached hydrogen (secondary N) is 1. The van der Waals surface area contributed by atoms with Gasteiger partial charge in [0.25, 0.3) is 11.5 Å². The number of carbonyl (C=O) groups is 1. The fourth-order valence-electron chi connectivity index (χ4n) is 3.40. The van der Waals surface area contributed by atoms with Crippen LogP contribution in [0.5, 0.6) is 5.75 Å². The van der Waals surface area contributed by atoms with Crippen molar-refractivity contribution >= 4 is 60.6 Å². The van der Waals surface area contributed by atoms with E-state index in [0.29, 0.717) is 39.1 Å². The van der Waals surface area contributed by atoms with Crippen molar-refractivity contribution in [1.29, 1.82) is 0 Å². The molecule has 0 spiro atoms. The van der Waals surface area contributed by atoms with E-state index in [0.717, 1.165) is 16.5 Å². The number of nitrogens with zero attached hydrogens (tertiary/aromatic N) is 3. The van der Waals surface area contributed by atoms with Crippen LogP contribution in [0, 0.1) is 0 Å². The minimum atomic E-state index is -0.257. The number of amides is 1. The standard InChI is InChI=1S/C26H22Br2N4O3/c1-2-6-24-31-22-11-10-18(27)14-20(22)26(34)32(24)29-15-17-9-12-23(21(28)13-17)35-16-25(33)30-19-7-4-3-5-8-19/h3-5,7-15H,2,6,16H2,1H3,(H,30,33). The van der Waals surface area contributed by atoms with E-state index in [1.165, 1.54) is 4.68 Å². The number of rotatable bonds is 8. The number of carbonyl (C=O) groups excluding carboxylic acids is 1. The van der Waals surface area contributed by atoms with Crippen molar-refractivity contribution in [2.45, 2.75) is 19.8 Å². The normalized spacial score (nSPS) is 11.2. The van der Waals surface area contributed by atoms with Gasteiger partial charge in [-0.05, 0) is 76.4 Å². The van der Waals surface area contributed by atoms with Crippen LogP contribution in [0.2, 0.25) is 0 Å². The first-order chi connectivity index (χ1) is 16.9.